The van der Waals surface area contributed by atoms with Crippen LogP contribution in [-0.2, 0) is 9.47 Å². The molecule has 1 aliphatic heterocycles. The van der Waals surface area contributed by atoms with E-state index in [1.165, 1.54) is 42.7 Å². The zero-order valence-electron chi connectivity index (χ0n) is 15.7. The number of methoxy groups -OCH3 is 1. The first-order chi connectivity index (χ1) is 13.6. The van der Waals surface area contributed by atoms with Crippen LogP contribution < -0.4 is 0 Å². The molecule has 8 heteroatoms. The number of amides is 2. The highest BCUT2D eigenvalue weighted by Crippen LogP contribution is 2.15. The van der Waals surface area contributed by atoms with E-state index in [2.05, 4.69) is 0 Å². The molecule has 1 aromatic heterocycles. The Morgan fingerprint density at radius 2 is 2.14 bits per heavy atom. The molecule has 0 radical (unpaired) electrons. The topological polar surface area (TPSA) is 72.2 Å². The van der Waals surface area contributed by atoms with E-state index < -0.39 is 11.7 Å². The van der Waals surface area contributed by atoms with Crippen LogP contribution in [0.15, 0.2) is 47.3 Å². The van der Waals surface area contributed by atoms with Crippen molar-refractivity contribution in [3.8, 4) is 0 Å². The number of hydrogen-bond donors (Lipinski definition) is 0. The van der Waals surface area contributed by atoms with Gasteiger partial charge in [-0.05, 0) is 18.2 Å². The molecule has 150 valence electrons. The molecule has 7 nitrogen and oxygen atoms in total. The van der Waals surface area contributed by atoms with Crippen molar-refractivity contribution >= 4 is 11.8 Å². The Labute approximate surface area is 162 Å². The fraction of sp³-hybridized carbons (Fsp3) is 0.400. The number of halogens is 1. The molecule has 1 aliphatic rings. The quantitative estimate of drug-likeness (QED) is 0.724. The molecule has 1 fully saturated rings. The van der Waals surface area contributed by atoms with E-state index in [0.717, 1.165) is 0 Å². The van der Waals surface area contributed by atoms with Gasteiger partial charge in [-0.15, -0.1) is 0 Å². The largest absolute Gasteiger partial charge is 0.472 e. The first-order valence-electron chi connectivity index (χ1n) is 9.06. The molecule has 1 aromatic carbocycles. The minimum absolute atomic E-state index is 0.000687. The highest BCUT2D eigenvalue weighted by molar-refractivity contribution is 5.95. The summed E-state index contributed by atoms with van der Waals surface area (Å²) in [5.41, 5.74) is 0.472. The SMILES string of the molecule is COCCN(CC1CN(C(=O)c2ccoc2)CCO1)C(=O)c1ccccc1F. The fourth-order valence-corrected chi connectivity index (χ4v) is 3.11. The maximum atomic E-state index is 14.1. The van der Waals surface area contributed by atoms with E-state index >= 15 is 0 Å². The van der Waals surface area contributed by atoms with E-state index in [1.54, 1.807) is 17.0 Å². The van der Waals surface area contributed by atoms with Crippen molar-refractivity contribution in [2.45, 2.75) is 6.10 Å². The summed E-state index contributed by atoms with van der Waals surface area (Å²) in [7, 11) is 1.54. The van der Waals surface area contributed by atoms with Gasteiger partial charge in [0.15, 0.2) is 0 Å². The molecule has 0 spiro atoms. The van der Waals surface area contributed by atoms with E-state index in [0.29, 0.717) is 38.4 Å². The smallest absolute Gasteiger partial charge is 0.257 e. The van der Waals surface area contributed by atoms with Gasteiger partial charge in [0.25, 0.3) is 11.8 Å². The van der Waals surface area contributed by atoms with Gasteiger partial charge >= 0.3 is 0 Å². The number of rotatable bonds is 7. The summed E-state index contributed by atoms with van der Waals surface area (Å²) in [6.07, 6.45) is 2.47. The van der Waals surface area contributed by atoms with E-state index in [9.17, 15) is 14.0 Å². The van der Waals surface area contributed by atoms with Crippen molar-refractivity contribution in [2.75, 3.05) is 46.5 Å². The number of ether oxygens (including phenoxy) is 2. The molecule has 0 aliphatic carbocycles. The summed E-state index contributed by atoms with van der Waals surface area (Å²) >= 11 is 0. The standard InChI is InChI=1S/C20H23FN2O5/c1-26-10-7-23(20(25)17-4-2-3-5-18(17)21)13-16-12-22(8-11-28-16)19(24)15-6-9-27-14-15/h2-6,9,14,16H,7-8,10-13H2,1H3. The highest BCUT2D eigenvalue weighted by Gasteiger charge is 2.29. The van der Waals surface area contributed by atoms with Crippen LogP contribution in [0.1, 0.15) is 20.7 Å². The lowest BCUT2D eigenvalue weighted by Crippen LogP contribution is -2.51. The average molecular weight is 390 g/mol. The fourth-order valence-electron chi connectivity index (χ4n) is 3.11. The molecule has 2 aromatic rings. The maximum Gasteiger partial charge on any atom is 0.257 e. The van der Waals surface area contributed by atoms with Crippen LogP contribution in [0.25, 0.3) is 0 Å². The third kappa shape index (κ3) is 4.76. The van der Waals surface area contributed by atoms with Crippen molar-refractivity contribution < 1.29 is 27.9 Å². The Morgan fingerprint density at radius 1 is 1.32 bits per heavy atom. The summed E-state index contributed by atoms with van der Waals surface area (Å²) in [5.74, 6) is -1.15. The molecule has 1 saturated heterocycles. The second kappa shape index (κ2) is 9.48. The van der Waals surface area contributed by atoms with Crippen molar-refractivity contribution in [3.05, 3.63) is 59.8 Å². The lowest BCUT2D eigenvalue weighted by Gasteiger charge is -2.35. The number of benzene rings is 1. The normalized spacial score (nSPS) is 16.8. The van der Waals surface area contributed by atoms with Gasteiger partial charge in [-0.2, -0.15) is 0 Å². The summed E-state index contributed by atoms with van der Waals surface area (Å²) in [6.45, 7) is 1.98. The average Bonchev–Trinajstić information content (AvgIpc) is 3.25. The molecule has 1 atom stereocenters. The van der Waals surface area contributed by atoms with Crippen molar-refractivity contribution in [2.24, 2.45) is 0 Å². The number of furan rings is 1. The molecule has 2 heterocycles. The molecule has 28 heavy (non-hydrogen) atoms. The van der Waals surface area contributed by atoms with Gasteiger partial charge < -0.3 is 23.7 Å². The predicted octanol–water partition coefficient (Wildman–Crippen LogP) is 2.05. The summed E-state index contributed by atoms with van der Waals surface area (Å²) in [4.78, 5) is 28.5. The van der Waals surface area contributed by atoms with Crippen molar-refractivity contribution in [3.63, 3.8) is 0 Å². The van der Waals surface area contributed by atoms with Gasteiger partial charge in [0.05, 0.1) is 36.7 Å². The van der Waals surface area contributed by atoms with Crippen LogP contribution in [0.3, 0.4) is 0 Å². The Balaban J connectivity index is 1.69. The monoisotopic (exact) mass is 390 g/mol. The molecular formula is C20H23FN2O5. The van der Waals surface area contributed by atoms with Crippen LogP contribution in [0.5, 0.6) is 0 Å². The Hall–Kier alpha value is -2.71. The van der Waals surface area contributed by atoms with Gasteiger partial charge in [0.1, 0.15) is 12.1 Å². The third-order valence-electron chi connectivity index (χ3n) is 4.57. The molecule has 0 N–H and O–H groups in total. The lowest BCUT2D eigenvalue weighted by molar-refractivity contribution is -0.0347. The van der Waals surface area contributed by atoms with E-state index in [-0.39, 0.29) is 24.1 Å². The summed E-state index contributed by atoms with van der Waals surface area (Å²) < 4.78 is 29.9. The van der Waals surface area contributed by atoms with Crippen molar-refractivity contribution in [1.82, 2.24) is 9.80 Å². The van der Waals surface area contributed by atoms with Crippen molar-refractivity contribution in [1.29, 1.82) is 0 Å². The second-order valence-electron chi connectivity index (χ2n) is 6.48. The van der Waals surface area contributed by atoms with Gasteiger partial charge in [-0.3, -0.25) is 9.59 Å². The minimum Gasteiger partial charge on any atom is -0.472 e. The molecule has 3 rings (SSSR count). The van der Waals surface area contributed by atoms with Gasteiger partial charge in [-0.25, -0.2) is 4.39 Å². The molecular weight excluding hydrogens is 367 g/mol. The Bertz CT molecular complexity index is 796. The number of carbonyl (C=O) groups excluding carboxylic acids is 2. The molecule has 2 amide bonds. The van der Waals surface area contributed by atoms with Crippen LogP contribution >= 0.6 is 0 Å². The van der Waals surface area contributed by atoms with Crippen LogP contribution in [0, 0.1) is 5.82 Å². The first kappa shape index (κ1) is 20.0. The van der Waals surface area contributed by atoms with Crippen LogP contribution in [0.4, 0.5) is 4.39 Å². The molecule has 0 saturated carbocycles. The molecule has 1 unspecified atom stereocenters. The summed E-state index contributed by atoms with van der Waals surface area (Å²) in [5, 5.41) is 0. The number of morpholine rings is 1. The van der Waals surface area contributed by atoms with Gasteiger partial charge in [0.2, 0.25) is 0 Å². The van der Waals surface area contributed by atoms with Gasteiger partial charge in [-0.1, -0.05) is 12.1 Å². The summed E-state index contributed by atoms with van der Waals surface area (Å²) in [6, 6.07) is 7.47. The minimum atomic E-state index is -0.573. The first-order valence-corrected chi connectivity index (χ1v) is 9.06. The zero-order valence-corrected chi connectivity index (χ0v) is 15.7. The zero-order chi connectivity index (χ0) is 19.9. The van der Waals surface area contributed by atoms with Gasteiger partial charge in [0, 0.05) is 33.3 Å². The molecule has 0 bridgehead atoms. The van der Waals surface area contributed by atoms with Crippen LogP contribution in [-0.4, -0.2) is 74.2 Å². The van der Waals surface area contributed by atoms with E-state index in [1.807, 2.05) is 0 Å². The number of hydrogen-bond acceptors (Lipinski definition) is 5. The van der Waals surface area contributed by atoms with Crippen LogP contribution in [0.2, 0.25) is 0 Å². The predicted molar refractivity (Wildman–Crippen MR) is 98.5 cm³/mol. The second-order valence-corrected chi connectivity index (χ2v) is 6.48. The third-order valence-corrected chi connectivity index (χ3v) is 4.57. The number of carbonyl (C=O) groups is 2. The lowest BCUT2D eigenvalue weighted by atomic mass is 10.1. The maximum absolute atomic E-state index is 14.1. The highest BCUT2D eigenvalue weighted by atomic mass is 19.1. The van der Waals surface area contributed by atoms with E-state index in [4.69, 9.17) is 13.9 Å². The number of nitrogens with zero attached hydrogens (tertiary/aromatic N) is 2. The Kier molecular flexibility index (Phi) is 6.78. The Morgan fingerprint density at radius 3 is 2.86 bits per heavy atom.